The van der Waals surface area contributed by atoms with E-state index in [-0.39, 0.29) is 6.10 Å². The van der Waals surface area contributed by atoms with Crippen LogP contribution in [0.2, 0.25) is 10.0 Å². The molecule has 1 aliphatic heterocycles. The van der Waals surface area contributed by atoms with Crippen molar-refractivity contribution in [1.82, 2.24) is 24.9 Å². The molecule has 0 saturated carbocycles. The molecule has 2 aromatic heterocycles. The first-order valence-electron chi connectivity index (χ1n) is 10.2. The summed E-state index contributed by atoms with van der Waals surface area (Å²) in [6.07, 6.45) is 2.24. The van der Waals surface area contributed by atoms with Crippen molar-refractivity contribution in [2.24, 2.45) is 0 Å². The largest absolute Gasteiger partial charge is 0.376 e. The van der Waals surface area contributed by atoms with Crippen LogP contribution in [0, 0.1) is 0 Å². The van der Waals surface area contributed by atoms with Gasteiger partial charge in [0.15, 0.2) is 11.0 Å². The van der Waals surface area contributed by atoms with Gasteiger partial charge < -0.3 is 9.26 Å². The highest BCUT2D eigenvalue weighted by atomic mass is 35.5. The molecule has 1 fully saturated rings. The molecule has 0 unspecified atom stereocenters. The standard InChI is InChI=1S/C22H19Cl2N5O2S/c23-16-8-6-14(7-9-16)21-26-27-22(29(21)12-18-5-2-10-30-18)32-13-19-25-20(28-31-19)15-3-1-4-17(24)11-15/h1,3-4,6-9,11,18H,2,5,10,12-13H2/t18-/m0/s1. The zero-order valence-corrected chi connectivity index (χ0v) is 19.3. The van der Waals surface area contributed by atoms with E-state index in [0.717, 1.165) is 41.6 Å². The number of halogens is 2. The molecule has 2 aromatic carbocycles. The van der Waals surface area contributed by atoms with Crippen LogP contribution in [0.3, 0.4) is 0 Å². The summed E-state index contributed by atoms with van der Waals surface area (Å²) in [5, 5.41) is 15.0. The van der Waals surface area contributed by atoms with Crippen LogP contribution in [0.4, 0.5) is 0 Å². The van der Waals surface area contributed by atoms with Crippen LogP contribution in [0.25, 0.3) is 22.8 Å². The van der Waals surface area contributed by atoms with E-state index in [2.05, 4.69) is 24.9 Å². The van der Waals surface area contributed by atoms with Crippen LogP contribution in [-0.4, -0.2) is 37.6 Å². The average molecular weight is 488 g/mol. The van der Waals surface area contributed by atoms with Crippen LogP contribution in [0.1, 0.15) is 18.7 Å². The molecule has 10 heteroatoms. The molecule has 32 heavy (non-hydrogen) atoms. The van der Waals surface area contributed by atoms with Crippen molar-refractivity contribution in [2.75, 3.05) is 6.61 Å². The van der Waals surface area contributed by atoms with Gasteiger partial charge in [0.25, 0.3) is 0 Å². The van der Waals surface area contributed by atoms with Gasteiger partial charge in [0.05, 0.1) is 18.4 Å². The molecule has 0 N–H and O–H groups in total. The summed E-state index contributed by atoms with van der Waals surface area (Å²) in [6.45, 7) is 1.48. The molecule has 7 nitrogen and oxygen atoms in total. The Balaban J connectivity index is 1.36. The zero-order valence-electron chi connectivity index (χ0n) is 16.9. The van der Waals surface area contributed by atoms with E-state index in [1.54, 1.807) is 12.1 Å². The summed E-state index contributed by atoms with van der Waals surface area (Å²) in [4.78, 5) is 4.49. The van der Waals surface area contributed by atoms with Gasteiger partial charge in [-0.25, -0.2) is 0 Å². The first-order valence-corrected chi connectivity index (χ1v) is 11.9. The van der Waals surface area contributed by atoms with Crippen molar-refractivity contribution in [1.29, 1.82) is 0 Å². The Morgan fingerprint density at radius 2 is 1.91 bits per heavy atom. The quantitative estimate of drug-likeness (QED) is 0.306. The predicted molar refractivity (Wildman–Crippen MR) is 124 cm³/mol. The van der Waals surface area contributed by atoms with Gasteiger partial charge in [-0.2, -0.15) is 4.98 Å². The second-order valence-corrected chi connectivity index (χ2v) is 9.18. The third-order valence-electron chi connectivity index (χ3n) is 5.11. The minimum absolute atomic E-state index is 0.147. The Hall–Kier alpha value is -2.39. The third kappa shape index (κ3) is 4.83. The molecule has 1 aliphatic rings. The van der Waals surface area contributed by atoms with Crippen molar-refractivity contribution < 1.29 is 9.26 Å². The van der Waals surface area contributed by atoms with E-state index in [4.69, 9.17) is 32.5 Å². The summed E-state index contributed by atoms with van der Waals surface area (Å²) in [7, 11) is 0. The lowest BCUT2D eigenvalue weighted by Crippen LogP contribution is -2.16. The molecule has 3 heterocycles. The number of nitrogens with zero attached hydrogens (tertiary/aromatic N) is 5. The maximum atomic E-state index is 6.07. The van der Waals surface area contributed by atoms with Gasteiger partial charge in [0.1, 0.15) is 0 Å². The van der Waals surface area contributed by atoms with Crippen molar-refractivity contribution in [2.45, 2.75) is 36.4 Å². The van der Waals surface area contributed by atoms with Crippen molar-refractivity contribution in [3.63, 3.8) is 0 Å². The summed E-state index contributed by atoms with van der Waals surface area (Å²) < 4.78 is 13.4. The lowest BCUT2D eigenvalue weighted by atomic mass is 10.2. The molecule has 0 aliphatic carbocycles. The minimum Gasteiger partial charge on any atom is -0.376 e. The number of ether oxygens (including phenoxy) is 1. The second-order valence-electron chi connectivity index (χ2n) is 7.37. The molecule has 5 rings (SSSR count). The van der Waals surface area contributed by atoms with E-state index in [1.807, 2.05) is 36.4 Å². The van der Waals surface area contributed by atoms with Crippen LogP contribution in [0.15, 0.2) is 58.2 Å². The van der Waals surface area contributed by atoms with Crippen molar-refractivity contribution in [3.05, 3.63) is 64.5 Å². The number of rotatable bonds is 7. The highest BCUT2D eigenvalue weighted by Crippen LogP contribution is 2.29. The predicted octanol–water partition coefficient (Wildman–Crippen LogP) is 5.77. The normalized spacial score (nSPS) is 16.0. The fourth-order valence-electron chi connectivity index (χ4n) is 3.55. The summed E-state index contributed by atoms with van der Waals surface area (Å²) >= 11 is 13.6. The summed E-state index contributed by atoms with van der Waals surface area (Å²) in [6, 6.07) is 15.0. The van der Waals surface area contributed by atoms with E-state index in [0.29, 0.717) is 34.1 Å². The fourth-order valence-corrected chi connectivity index (χ4v) is 4.65. The topological polar surface area (TPSA) is 78.9 Å². The molecule has 164 valence electrons. The van der Waals surface area contributed by atoms with Crippen LogP contribution < -0.4 is 0 Å². The van der Waals surface area contributed by atoms with Crippen LogP contribution in [0.5, 0.6) is 0 Å². The van der Waals surface area contributed by atoms with Crippen LogP contribution in [-0.2, 0) is 17.0 Å². The second kappa shape index (κ2) is 9.62. The molecular weight excluding hydrogens is 469 g/mol. The highest BCUT2D eigenvalue weighted by molar-refractivity contribution is 7.98. The Morgan fingerprint density at radius 3 is 2.69 bits per heavy atom. The molecule has 0 spiro atoms. The molecule has 0 bridgehead atoms. The zero-order chi connectivity index (χ0) is 21.9. The van der Waals surface area contributed by atoms with Gasteiger partial charge in [-0.3, -0.25) is 4.57 Å². The first-order chi connectivity index (χ1) is 15.7. The number of aromatic nitrogens is 5. The molecule has 0 amide bonds. The maximum Gasteiger partial charge on any atom is 0.237 e. The van der Waals surface area contributed by atoms with Gasteiger partial charge >= 0.3 is 0 Å². The van der Waals surface area contributed by atoms with E-state index in [9.17, 15) is 0 Å². The monoisotopic (exact) mass is 487 g/mol. The van der Waals surface area contributed by atoms with Gasteiger partial charge in [0.2, 0.25) is 11.7 Å². The van der Waals surface area contributed by atoms with Gasteiger partial charge in [-0.15, -0.1) is 10.2 Å². The van der Waals surface area contributed by atoms with Gasteiger partial charge in [-0.1, -0.05) is 52.3 Å². The van der Waals surface area contributed by atoms with Crippen molar-refractivity contribution >= 4 is 35.0 Å². The molecule has 1 atom stereocenters. The third-order valence-corrected chi connectivity index (χ3v) is 6.54. The Kier molecular flexibility index (Phi) is 6.45. The van der Waals surface area contributed by atoms with Crippen molar-refractivity contribution in [3.8, 4) is 22.8 Å². The van der Waals surface area contributed by atoms with Gasteiger partial charge in [-0.05, 0) is 49.2 Å². The minimum atomic E-state index is 0.147. The lowest BCUT2D eigenvalue weighted by molar-refractivity contribution is 0.0953. The molecule has 1 saturated heterocycles. The molecular formula is C22H19Cl2N5O2S. The number of thioether (sulfide) groups is 1. The summed E-state index contributed by atoms with van der Waals surface area (Å²) in [5.74, 6) is 2.26. The molecule has 4 aromatic rings. The van der Waals surface area contributed by atoms with Gasteiger partial charge in [0, 0.05) is 27.8 Å². The number of hydrogen-bond donors (Lipinski definition) is 0. The Morgan fingerprint density at radius 1 is 1.03 bits per heavy atom. The smallest absolute Gasteiger partial charge is 0.237 e. The lowest BCUT2D eigenvalue weighted by Gasteiger charge is -2.14. The first kappa shape index (κ1) is 21.5. The van der Waals surface area contributed by atoms with E-state index >= 15 is 0 Å². The van der Waals surface area contributed by atoms with E-state index in [1.165, 1.54) is 11.8 Å². The summed E-state index contributed by atoms with van der Waals surface area (Å²) in [5.41, 5.74) is 1.76. The Bertz CT molecular complexity index is 1210. The number of hydrogen-bond acceptors (Lipinski definition) is 7. The maximum absolute atomic E-state index is 6.07. The van der Waals surface area contributed by atoms with E-state index < -0.39 is 0 Å². The fraction of sp³-hybridized carbons (Fsp3) is 0.273. The van der Waals surface area contributed by atoms with Crippen LogP contribution >= 0.6 is 35.0 Å². The highest BCUT2D eigenvalue weighted by Gasteiger charge is 2.22. The average Bonchev–Trinajstić information content (AvgIpc) is 3.55. The Labute approximate surface area is 199 Å². The SMILES string of the molecule is Clc1ccc(-c2nnc(SCc3nc(-c4cccc(Cl)c4)no3)n2C[C@@H]2CCCO2)cc1. The number of benzene rings is 2. The molecule has 0 radical (unpaired) electrons.